The van der Waals surface area contributed by atoms with Gasteiger partial charge in [0.25, 0.3) is 0 Å². The number of rotatable bonds is 4. The molecule has 0 radical (unpaired) electrons. The van der Waals surface area contributed by atoms with E-state index >= 15 is 0 Å². The molecule has 1 heterocycles. The smallest absolute Gasteiger partial charge is 0.222 e. The van der Waals surface area contributed by atoms with Crippen molar-refractivity contribution in [3.8, 4) is 0 Å². The van der Waals surface area contributed by atoms with E-state index in [0.29, 0.717) is 17.9 Å². The summed E-state index contributed by atoms with van der Waals surface area (Å²) in [5.41, 5.74) is 0. The molecule has 82 valence electrons. The number of alkyl halides is 1. The van der Waals surface area contributed by atoms with Gasteiger partial charge in [0.15, 0.2) is 0 Å². The molecule has 1 aliphatic rings. The number of carbonyl (C=O) groups is 1. The van der Waals surface area contributed by atoms with Crippen LogP contribution >= 0.6 is 15.9 Å². The largest absolute Gasteiger partial charge is 0.340 e. The van der Waals surface area contributed by atoms with E-state index in [9.17, 15) is 4.79 Å². The van der Waals surface area contributed by atoms with Crippen molar-refractivity contribution in [3.63, 3.8) is 0 Å². The predicted molar refractivity (Wildman–Crippen MR) is 62.6 cm³/mol. The molecule has 2 unspecified atom stereocenters. The lowest BCUT2D eigenvalue weighted by Gasteiger charge is -2.21. The normalized spacial score (nSPS) is 26.9. The van der Waals surface area contributed by atoms with Gasteiger partial charge in [-0.25, -0.2) is 0 Å². The highest BCUT2D eigenvalue weighted by Gasteiger charge is 2.28. The molecule has 0 N–H and O–H groups in total. The predicted octanol–water partition coefficient (Wildman–Crippen LogP) is 2.81. The van der Waals surface area contributed by atoms with Crippen LogP contribution in [0.15, 0.2) is 0 Å². The van der Waals surface area contributed by atoms with Crippen LogP contribution < -0.4 is 0 Å². The fraction of sp³-hybridized carbons (Fsp3) is 0.909. The first kappa shape index (κ1) is 12.0. The molecule has 2 atom stereocenters. The zero-order valence-electron chi connectivity index (χ0n) is 9.13. The summed E-state index contributed by atoms with van der Waals surface area (Å²) in [7, 11) is 0. The van der Waals surface area contributed by atoms with Crippen LogP contribution in [-0.4, -0.2) is 28.7 Å². The maximum Gasteiger partial charge on any atom is 0.222 e. The Morgan fingerprint density at radius 1 is 1.43 bits per heavy atom. The molecule has 0 saturated carbocycles. The van der Waals surface area contributed by atoms with E-state index < -0.39 is 0 Å². The van der Waals surface area contributed by atoms with E-state index in [1.54, 1.807) is 0 Å². The van der Waals surface area contributed by atoms with Crippen molar-refractivity contribution in [1.82, 2.24) is 4.90 Å². The van der Waals surface area contributed by atoms with E-state index in [2.05, 4.69) is 34.7 Å². The Morgan fingerprint density at radius 3 is 2.64 bits per heavy atom. The number of halogens is 1. The third kappa shape index (κ3) is 3.26. The molecule has 1 rings (SSSR count). The number of unbranched alkanes of at least 4 members (excludes halogenated alkanes) is 1. The van der Waals surface area contributed by atoms with Crippen LogP contribution in [0.1, 0.15) is 39.5 Å². The lowest BCUT2D eigenvalue weighted by Crippen LogP contribution is -2.33. The second kappa shape index (κ2) is 5.74. The molecular formula is C11H20BrNO. The van der Waals surface area contributed by atoms with E-state index in [1.807, 2.05) is 0 Å². The summed E-state index contributed by atoms with van der Waals surface area (Å²) in [4.78, 5) is 13.8. The summed E-state index contributed by atoms with van der Waals surface area (Å²) in [6.07, 6.45) is 4.01. The lowest BCUT2D eigenvalue weighted by molar-refractivity contribution is -0.131. The number of hydrogen-bond acceptors (Lipinski definition) is 1. The Kier molecular flexibility index (Phi) is 4.93. The molecular weight excluding hydrogens is 242 g/mol. The summed E-state index contributed by atoms with van der Waals surface area (Å²) >= 11 is 3.38. The van der Waals surface area contributed by atoms with Gasteiger partial charge in [0.1, 0.15) is 0 Å². The first-order chi connectivity index (χ1) is 6.65. The summed E-state index contributed by atoms with van der Waals surface area (Å²) in [6.45, 7) is 5.35. The van der Waals surface area contributed by atoms with Crippen molar-refractivity contribution in [2.45, 2.75) is 45.6 Å². The Bertz CT molecular complexity index is 196. The highest BCUT2D eigenvalue weighted by molar-refractivity contribution is 9.09. The number of carbonyl (C=O) groups excluding carboxylic acids is 1. The molecule has 1 aliphatic heterocycles. The van der Waals surface area contributed by atoms with Crippen LogP contribution in [-0.2, 0) is 4.79 Å². The van der Waals surface area contributed by atoms with Gasteiger partial charge in [-0.05, 0) is 32.1 Å². The summed E-state index contributed by atoms with van der Waals surface area (Å²) in [6, 6.07) is 0.460. The van der Waals surface area contributed by atoms with Gasteiger partial charge in [-0.1, -0.05) is 22.9 Å². The Balaban J connectivity index is 2.30. The minimum Gasteiger partial charge on any atom is -0.340 e. The molecule has 1 fully saturated rings. The first-order valence-electron chi connectivity index (χ1n) is 5.50. The molecule has 0 aromatic rings. The Hall–Kier alpha value is -0.0500. The van der Waals surface area contributed by atoms with Gasteiger partial charge < -0.3 is 4.90 Å². The number of likely N-dealkylation sites (tertiary alicyclic amines) is 1. The van der Waals surface area contributed by atoms with Crippen molar-refractivity contribution in [3.05, 3.63) is 0 Å². The standard InChI is InChI=1S/C11H20BrNO/c1-9-7-10(2)13(8-9)11(14)5-3-4-6-12/h9-10H,3-8H2,1-2H3. The van der Waals surface area contributed by atoms with Crippen LogP contribution in [0.2, 0.25) is 0 Å². The monoisotopic (exact) mass is 261 g/mol. The van der Waals surface area contributed by atoms with Gasteiger partial charge in [0.05, 0.1) is 0 Å². The van der Waals surface area contributed by atoms with E-state index in [4.69, 9.17) is 0 Å². The first-order valence-corrected chi connectivity index (χ1v) is 6.62. The molecule has 0 spiro atoms. The van der Waals surface area contributed by atoms with Crippen LogP contribution in [0.5, 0.6) is 0 Å². The Labute approximate surface area is 95.2 Å². The second-order valence-electron chi connectivity index (χ2n) is 4.38. The zero-order chi connectivity index (χ0) is 10.6. The quantitative estimate of drug-likeness (QED) is 0.563. The minimum absolute atomic E-state index is 0.350. The fourth-order valence-electron chi connectivity index (χ4n) is 2.16. The molecule has 1 saturated heterocycles. The average molecular weight is 262 g/mol. The number of nitrogens with zero attached hydrogens (tertiary/aromatic N) is 1. The SMILES string of the molecule is CC1CC(C)N(C(=O)CCCCBr)C1. The number of hydrogen-bond donors (Lipinski definition) is 0. The van der Waals surface area contributed by atoms with Crippen LogP contribution in [0.25, 0.3) is 0 Å². The highest BCUT2D eigenvalue weighted by atomic mass is 79.9. The van der Waals surface area contributed by atoms with Crippen molar-refractivity contribution in [2.75, 3.05) is 11.9 Å². The lowest BCUT2D eigenvalue weighted by atomic mass is 10.1. The highest BCUT2D eigenvalue weighted by Crippen LogP contribution is 2.23. The molecule has 0 aromatic carbocycles. The van der Waals surface area contributed by atoms with Gasteiger partial charge in [0, 0.05) is 24.3 Å². The number of amides is 1. The molecule has 1 amide bonds. The summed E-state index contributed by atoms with van der Waals surface area (Å²) in [5, 5.41) is 1.01. The molecule has 0 aromatic heterocycles. The maximum absolute atomic E-state index is 11.8. The van der Waals surface area contributed by atoms with E-state index in [0.717, 1.165) is 31.1 Å². The fourth-order valence-corrected chi connectivity index (χ4v) is 2.56. The second-order valence-corrected chi connectivity index (χ2v) is 5.18. The zero-order valence-corrected chi connectivity index (χ0v) is 10.7. The average Bonchev–Trinajstić information content (AvgIpc) is 2.45. The van der Waals surface area contributed by atoms with E-state index in [-0.39, 0.29) is 0 Å². The van der Waals surface area contributed by atoms with Gasteiger partial charge in [-0.3, -0.25) is 4.79 Å². The van der Waals surface area contributed by atoms with Crippen LogP contribution in [0.3, 0.4) is 0 Å². The van der Waals surface area contributed by atoms with Crippen LogP contribution in [0.4, 0.5) is 0 Å². The van der Waals surface area contributed by atoms with Crippen LogP contribution in [0, 0.1) is 5.92 Å². The van der Waals surface area contributed by atoms with Gasteiger partial charge in [-0.2, -0.15) is 0 Å². The molecule has 0 bridgehead atoms. The summed E-state index contributed by atoms with van der Waals surface area (Å²) in [5.74, 6) is 1.04. The molecule has 0 aliphatic carbocycles. The van der Waals surface area contributed by atoms with Crippen molar-refractivity contribution in [1.29, 1.82) is 0 Å². The minimum atomic E-state index is 0.350. The Morgan fingerprint density at radius 2 is 2.14 bits per heavy atom. The van der Waals surface area contributed by atoms with Crippen molar-refractivity contribution < 1.29 is 4.79 Å². The maximum atomic E-state index is 11.8. The van der Waals surface area contributed by atoms with Gasteiger partial charge >= 0.3 is 0 Å². The third-order valence-corrected chi connectivity index (χ3v) is 3.44. The molecule has 14 heavy (non-hydrogen) atoms. The molecule has 3 heteroatoms. The topological polar surface area (TPSA) is 20.3 Å². The van der Waals surface area contributed by atoms with Crippen molar-refractivity contribution in [2.24, 2.45) is 5.92 Å². The van der Waals surface area contributed by atoms with E-state index in [1.165, 1.54) is 6.42 Å². The van der Waals surface area contributed by atoms with Gasteiger partial charge in [-0.15, -0.1) is 0 Å². The van der Waals surface area contributed by atoms with Crippen molar-refractivity contribution >= 4 is 21.8 Å². The summed E-state index contributed by atoms with van der Waals surface area (Å²) < 4.78 is 0. The van der Waals surface area contributed by atoms with Gasteiger partial charge in [0.2, 0.25) is 5.91 Å². The molecule has 2 nitrogen and oxygen atoms in total. The third-order valence-electron chi connectivity index (χ3n) is 2.88.